The zero-order valence-electron chi connectivity index (χ0n) is 10.4. The Hall–Kier alpha value is -2.54. The van der Waals surface area contributed by atoms with E-state index in [9.17, 15) is 4.79 Å². The largest absolute Gasteiger partial charge is 0.347 e. The summed E-state index contributed by atoms with van der Waals surface area (Å²) in [4.78, 5) is 23.7. The molecule has 0 unspecified atom stereocenters. The van der Waals surface area contributed by atoms with Gasteiger partial charge in [0, 0.05) is 18.9 Å². The van der Waals surface area contributed by atoms with Gasteiger partial charge in [-0.05, 0) is 24.1 Å². The Labute approximate surface area is 110 Å². The fourth-order valence-electron chi connectivity index (χ4n) is 1.49. The van der Waals surface area contributed by atoms with Crippen molar-refractivity contribution in [1.82, 2.24) is 20.3 Å². The van der Waals surface area contributed by atoms with E-state index in [1.54, 1.807) is 12.4 Å². The zero-order valence-corrected chi connectivity index (χ0v) is 10.4. The summed E-state index contributed by atoms with van der Waals surface area (Å²) in [5, 5.41) is 2.77. The van der Waals surface area contributed by atoms with Gasteiger partial charge in [-0.2, -0.15) is 0 Å². The van der Waals surface area contributed by atoms with Crippen molar-refractivity contribution >= 4 is 11.7 Å². The van der Waals surface area contributed by atoms with Crippen LogP contribution < -0.4 is 16.6 Å². The first-order chi connectivity index (χ1) is 9.20. The van der Waals surface area contributed by atoms with Crippen molar-refractivity contribution < 1.29 is 4.79 Å². The summed E-state index contributed by atoms with van der Waals surface area (Å²) in [6.07, 6.45) is 6.20. The summed E-state index contributed by atoms with van der Waals surface area (Å²) >= 11 is 0. The van der Waals surface area contributed by atoms with Crippen molar-refractivity contribution in [3.8, 4) is 0 Å². The molecular formula is C12H14N6O. The molecule has 0 spiro atoms. The van der Waals surface area contributed by atoms with Crippen molar-refractivity contribution in [3.05, 3.63) is 47.7 Å². The van der Waals surface area contributed by atoms with E-state index >= 15 is 0 Å². The van der Waals surface area contributed by atoms with E-state index in [2.05, 4.69) is 25.7 Å². The molecule has 2 aromatic rings. The Morgan fingerprint density at radius 2 is 2.16 bits per heavy atom. The van der Waals surface area contributed by atoms with Crippen LogP contribution in [0.2, 0.25) is 0 Å². The number of aryl methyl sites for hydroxylation is 1. The van der Waals surface area contributed by atoms with Gasteiger partial charge in [0.15, 0.2) is 5.82 Å². The number of aromatic nitrogens is 3. The highest BCUT2D eigenvalue weighted by atomic mass is 16.1. The van der Waals surface area contributed by atoms with E-state index in [0.717, 1.165) is 11.1 Å². The van der Waals surface area contributed by atoms with Crippen molar-refractivity contribution in [1.29, 1.82) is 0 Å². The number of nitrogens with two attached hydrogens (primary N) is 1. The van der Waals surface area contributed by atoms with Gasteiger partial charge < -0.3 is 10.7 Å². The lowest BCUT2D eigenvalue weighted by Gasteiger charge is -2.07. The molecule has 2 aromatic heterocycles. The number of nitrogens with one attached hydrogen (secondary N) is 2. The smallest absolute Gasteiger partial charge is 0.271 e. The summed E-state index contributed by atoms with van der Waals surface area (Å²) in [7, 11) is 0. The molecule has 0 saturated heterocycles. The molecule has 0 saturated carbocycles. The van der Waals surface area contributed by atoms with Crippen LogP contribution in [0.5, 0.6) is 0 Å². The van der Waals surface area contributed by atoms with Crippen molar-refractivity contribution in [2.75, 3.05) is 5.43 Å². The minimum atomic E-state index is -0.285. The van der Waals surface area contributed by atoms with Gasteiger partial charge in [-0.15, -0.1) is 0 Å². The summed E-state index contributed by atoms with van der Waals surface area (Å²) < 4.78 is 0. The predicted octanol–water partition coefficient (Wildman–Crippen LogP) is 0.396. The lowest BCUT2D eigenvalue weighted by Crippen LogP contribution is -2.24. The average molecular weight is 258 g/mol. The summed E-state index contributed by atoms with van der Waals surface area (Å²) in [6.45, 7) is 2.36. The minimum absolute atomic E-state index is 0.241. The number of carbonyl (C=O) groups excluding carboxylic acids is 1. The Bertz CT molecular complexity index is 569. The van der Waals surface area contributed by atoms with Gasteiger partial charge >= 0.3 is 0 Å². The second-order valence-electron chi connectivity index (χ2n) is 3.92. The van der Waals surface area contributed by atoms with Crippen LogP contribution in [-0.4, -0.2) is 20.9 Å². The van der Waals surface area contributed by atoms with Gasteiger partial charge in [0.25, 0.3) is 5.91 Å². The molecule has 19 heavy (non-hydrogen) atoms. The molecule has 4 N–H and O–H groups in total. The van der Waals surface area contributed by atoms with Gasteiger partial charge in [0.2, 0.25) is 0 Å². The standard InChI is InChI=1S/C12H14N6O/c1-8-4-14-3-2-9(8)5-17-12(19)10-6-16-11(18-13)7-15-10/h2-4,6-7H,5,13H2,1H3,(H,16,18)(H,17,19). The molecule has 0 aromatic carbocycles. The molecule has 0 atom stereocenters. The van der Waals surface area contributed by atoms with E-state index in [0.29, 0.717) is 12.4 Å². The molecule has 2 rings (SSSR count). The highest BCUT2D eigenvalue weighted by Gasteiger charge is 2.08. The molecule has 2 heterocycles. The molecule has 98 valence electrons. The van der Waals surface area contributed by atoms with Crippen LogP contribution in [0.25, 0.3) is 0 Å². The Morgan fingerprint density at radius 3 is 2.79 bits per heavy atom. The lowest BCUT2D eigenvalue weighted by atomic mass is 10.1. The Balaban J connectivity index is 1.99. The first kappa shape index (κ1) is 12.9. The number of nitrogens with zero attached hydrogens (tertiary/aromatic N) is 3. The lowest BCUT2D eigenvalue weighted by molar-refractivity contribution is 0.0945. The number of carbonyl (C=O) groups is 1. The van der Waals surface area contributed by atoms with Crippen LogP contribution in [-0.2, 0) is 6.54 Å². The third kappa shape index (κ3) is 3.23. The van der Waals surface area contributed by atoms with Gasteiger partial charge in [0.1, 0.15) is 5.69 Å². The van der Waals surface area contributed by atoms with E-state index in [4.69, 9.17) is 5.84 Å². The number of hydrogen-bond donors (Lipinski definition) is 3. The van der Waals surface area contributed by atoms with Gasteiger partial charge in [0.05, 0.1) is 12.4 Å². The van der Waals surface area contributed by atoms with Crippen LogP contribution >= 0.6 is 0 Å². The Morgan fingerprint density at radius 1 is 1.32 bits per heavy atom. The SMILES string of the molecule is Cc1cnccc1CNC(=O)c1cnc(NN)cn1. The number of amides is 1. The van der Waals surface area contributed by atoms with E-state index in [1.165, 1.54) is 12.4 Å². The molecule has 0 aliphatic carbocycles. The van der Waals surface area contributed by atoms with Crippen LogP contribution in [0.1, 0.15) is 21.6 Å². The van der Waals surface area contributed by atoms with Crippen LogP contribution in [0, 0.1) is 6.92 Å². The molecular weight excluding hydrogens is 244 g/mol. The summed E-state index contributed by atoms with van der Waals surface area (Å²) in [6, 6.07) is 1.86. The number of rotatable bonds is 4. The second kappa shape index (κ2) is 5.87. The van der Waals surface area contributed by atoms with Crippen molar-refractivity contribution in [2.45, 2.75) is 13.5 Å². The number of pyridine rings is 1. The van der Waals surface area contributed by atoms with Crippen molar-refractivity contribution in [3.63, 3.8) is 0 Å². The number of nitrogen functional groups attached to an aromatic ring is 1. The van der Waals surface area contributed by atoms with Crippen LogP contribution in [0.4, 0.5) is 5.82 Å². The van der Waals surface area contributed by atoms with Gasteiger partial charge in [-0.1, -0.05) is 0 Å². The molecule has 0 aliphatic heterocycles. The third-order valence-corrected chi connectivity index (χ3v) is 2.61. The predicted molar refractivity (Wildman–Crippen MR) is 70.0 cm³/mol. The molecule has 1 amide bonds. The van der Waals surface area contributed by atoms with Gasteiger partial charge in [-0.25, -0.2) is 15.8 Å². The quantitative estimate of drug-likeness (QED) is 0.541. The molecule has 0 aliphatic rings. The molecule has 0 fully saturated rings. The maximum atomic E-state index is 11.8. The first-order valence-corrected chi connectivity index (χ1v) is 5.67. The van der Waals surface area contributed by atoms with Crippen LogP contribution in [0.3, 0.4) is 0 Å². The fourth-order valence-corrected chi connectivity index (χ4v) is 1.49. The van der Waals surface area contributed by atoms with E-state index < -0.39 is 0 Å². The highest BCUT2D eigenvalue weighted by molar-refractivity contribution is 5.91. The molecule has 0 bridgehead atoms. The molecule has 0 radical (unpaired) electrons. The maximum Gasteiger partial charge on any atom is 0.271 e. The zero-order chi connectivity index (χ0) is 13.7. The van der Waals surface area contributed by atoms with E-state index in [1.807, 2.05) is 13.0 Å². The molecule has 7 nitrogen and oxygen atoms in total. The fraction of sp³-hybridized carbons (Fsp3) is 0.167. The number of hydrogen-bond acceptors (Lipinski definition) is 6. The van der Waals surface area contributed by atoms with E-state index in [-0.39, 0.29) is 11.6 Å². The highest BCUT2D eigenvalue weighted by Crippen LogP contribution is 2.05. The number of anilines is 1. The second-order valence-corrected chi connectivity index (χ2v) is 3.92. The topological polar surface area (TPSA) is 106 Å². The molecule has 7 heteroatoms. The Kier molecular flexibility index (Phi) is 3.99. The maximum absolute atomic E-state index is 11.8. The van der Waals surface area contributed by atoms with Crippen molar-refractivity contribution in [2.24, 2.45) is 5.84 Å². The summed E-state index contributed by atoms with van der Waals surface area (Å²) in [5.41, 5.74) is 4.62. The van der Waals surface area contributed by atoms with Gasteiger partial charge in [-0.3, -0.25) is 9.78 Å². The summed E-state index contributed by atoms with van der Waals surface area (Å²) in [5.74, 6) is 5.29. The normalized spacial score (nSPS) is 10.0. The monoisotopic (exact) mass is 258 g/mol. The first-order valence-electron chi connectivity index (χ1n) is 5.67. The third-order valence-electron chi connectivity index (χ3n) is 2.61. The minimum Gasteiger partial charge on any atom is -0.347 e. The number of hydrazine groups is 1. The van der Waals surface area contributed by atoms with Crippen LogP contribution in [0.15, 0.2) is 30.9 Å². The average Bonchev–Trinajstić information content (AvgIpc) is 2.46.